The van der Waals surface area contributed by atoms with Gasteiger partial charge in [-0.15, -0.1) is 0 Å². The molecule has 0 amide bonds. The summed E-state index contributed by atoms with van der Waals surface area (Å²) >= 11 is 0. The standard InChI is InChI=1S/C36H38F3N7O5/c1-3-50-31(47)10-7-23-5-4-6-24(17-23)25-8-9-28(46-14-11-22(2)44-46)26(18-25)32(36(37,38)39)51-30-19-29(42-34(40)43-30)45-15-12-35(13-16-45)20-27(33(48)49)41-21-35/h4-11,14,17-19,27,32,41H,3,12-13,15-16,20-21H2,1-2H3,(H,48,49)(H2,40,42,43)/b10-7+. The quantitative estimate of drug-likeness (QED) is 0.141. The molecule has 0 bridgehead atoms. The van der Waals surface area contributed by atoms with E-state index in [9.17, 15) is 14.7 Å². The van der Waals surface area contributed by atoms with Crippen LogP contribution in [0.1, 0.15) is 49.1 Å². The predicted octanol–water partition coefficient (Wildman–Crippen LogP) is 5.51. The molecule has 4 heterocycles. The number of carbonyl (C=O) groups excluding carboxylic acids is 1. The van der Waals surface area contributed by atoms with Crippen LogP contribution in [-0.2, 0) is 14.3 Å². The maximum Gasteiger partial charge on any atom is 0.429 e. The summed E-state index contributed by atoms with van der Waals surface area (Å²) in [5.41, 5.74) is 8.12. The Labute approximate surface area is 292 Å². The number of benzene rings is 2. The molecule has 2 aliphatic heterocycles. The van der Waals surface area contributed by atoms with Gasteiger partial charge in [-0.25, -0.2) is 9.48 Å². The number of anilines is 2. The van der Waals surface area contributed by atoms with Crippen LogP contribution in [0.5, 0.6) is 5.88 Å². The predicted molar refractivity (Wildman–Crippen MR) is 183 cm³/mol. The van der Waals surface area contributed by atoms with E-state index < -0.39 is 30.3 Å². The first-order valence-electron chi connectivity index (χ1n) is 16.5. The van der Waals surface area contributed by atoms with E-state index in [4.69, 9.17) is 15.2 Å². The summed E-state index contributed by atoms with van der Waals surface area (Å²) in [5.74, 6) is -1.67. The van der Waals surface area contributed by atoms with Gasteiger partial charge in [-0.2, -0.15) is 28.2 Å². The van der Waals surface area contributed by atoms with E-state index in [2.05, 4.69) is 20.4 Å². The Hall–Kier alpha value is -5.44. The topological polar surface area (TPSA) is 158 Å². The van der Waals surface area contributed by atoms with Gasteiger partial charge in [-0.05, 0) is 85.6 Å². The lowest BCUT2D eigenvalue weighted by atomic mass is 9.76. The number of carbonyl (C=O) groups is 2. The van der Waals surface area contributed by atoms with Gasteiger partial charge in [0.1, 0.15) is 11.9 Å². The van der Waals surface area contributed by atoms with Gasteiger partial charge >= 0.3 is 18.1 Å². The first-order valence-corrected chi connectivity index (χ1v) is 16.5. The van der Waals surface area contributed by atoms with Crippen molar-refractivity contribution in [3.8, 4) is 22.7 Å². The van der Waals surface area contributed by atoms with Gasteiger partial charge in [-0.3, -0.25) is 4.79 Å². The number of hydrogen-bond donors (Lipinski definition) is 3. The average molecular weight is 706 g/mol. The van der Waals surface area contributed by atoms with E-state index in [1.54, 1.807) is 68.6 Å². The fourth-order valence-corrected chi connectivity index (χ4v) is 6.64. The molecule has 4 aromatic rings. The summed E-state index contributed by atoms with van der Waals surface area (Å²) in [6, 6.07) is 14.1. The molecule has 0 radical (unpaired) electrons. The van der Waals surface area contributed by atoms with Crippen molar-refractivity contribution in [3.05, 3.63) is 83.7 Å². The summed E-state index contributed by atoms with van der Waals surface area (Å²) in [6.45, 7) is 5.26. The smallest absolute Gasteiger partial charge is 0.429 e. The maximum absolute atomic E-state index is 15.1. The summed E-state index contributed by atoms with van der Waals surface area (Å²) in [5, 5.41) is 16.9. The summed E-state index contributed by atoms with van der Waals surface area (Å²) in [7, 11) is 0. The highest BCUT2D eigenvalue weighted by atomic mass is 19.4. The van der Waals surface area contributed by atoms with Crippen LogP contribution >= 0.6 is 0 Å². The van der Waals surface area contributed by atoms with Crippen LogP contribution in [-0.4, -0.2) is 75.3 Å². The first kappa shape index (κ1) is 35.4. The van der Waals surface area contributed by atoms with E-state index in [1.807, 2.05) is 4.90 Å². The second kappa shape index (κ2) is 14.4. The third-order valence-electron chi connectivity index (χ3n) is 9.25. The van der Waals surface area contributed by atoms with Crippen molar-refractivity contribution in [2.24, 2.45) is 5.41 Å². The number of ether oxygens (including phenoxy) is 2. The molecular formula is C36H38F3N7O5. The number of aliphatic carboxylic acids is 1. The number of esters is 1. The molecule has 2 saturated heterocycles. The van der Waals surface area contributed by atoms with Crippen LogP contribution in [0.2, 0.25) is 0 Å². The van der Waals surface area contributed by atoms with Crippen molar-refractivity contribution in [1.82, 2.24) is 25.1 Å². The Kier molecular flexibility index (Phi) is 10.0. The fourth-order valence-electron chi connectivity index (χ4n) is 6.64. The Morgan fingerprint density at radius 1 is 1.12 bits per heavy atom. The second-order valence-corrected chi connectivity index (χ2v) is 12.8. The van der Waals surface area contributed by atoms with Crippen molar-refractivity contribution < 1.29 is 37.3 Å². The van der Waals surface area contributed by atoms with Crippen LogP contribution in [0, 0.1) is 12.3 Å². The monoisotopic (exact) mass is 705 g/mol. The maximum atomic E-state index is 15.1. The number of aryl methyl sites for hydroxylation is 1. The minimum atomic E-state index is -4.90. The number of hydrogen-bond acceptors (Lipinski definition) is 10. The molecule has 2 unspecified atom stereocenters. The average Bonchev–Trinajstić information content (AvgIpc) is 3.72. The Balaban J connectivity index is 1.32. The van der Waals surface area contributed by atoms with Crippen molar-refractivity contribution in [2.75, 3.05) is 36.9 Å². The third-order valence-corrected chi connectivity index (χ3v) is 9.25. The minimum absolute atomic E-state index is 0.154. The zero-order valence-corrected chi connectivity index (χ0v) is 28.1. The zero-order chi connectivity index (χ0) is 36.3. The summed E-state index contributed by atoms with van der Waals surface area (Å²) in [4.78, 5) is 33.6. The van der Waals surface area contributed by atoms with E-state index in [1.165, 1.54) is 22.9 Å². The second-order valence-electron chi connectivity index (χ2n) is 12.8. The van der Waals surface area contributed by atoms with Crippen LogP contribution in [0.25, 0.3) is 22.9 Å². The van der Waals surface area contributed by atoms with Gasteiger partial charge < -0.3 is 30.5 Å². The molecule has 6 rings (SSSR count). The van der Waals surface area contributed by atoms with Crippen molar-refractivity contribution in [1.29, 1.82) is 0 Å². The van der Waals surface area contributed by atoms with Gasteiger partial charge in [0, 0.05) is 43.5 Å². The van der Waals surface area contributed by atoms with Gasteiger partial charge in [0.25, 0.3) is 0 Å². The molecule has 2 atom stereocenters. The van der Waals surface area contributed by atoms with E-state index in [-0.39, 0.29) is 35.1 Å². The van der Waals surface area contributed by atoms with Crippen LogP contribution < -0.4 is 20.7 Å². The molecule has 2 aromatic heterocycles. The number of nitrogens with zero attached hydrogens (tertiary/aromatic N) is 5. The highest BCUT2D eigenvalue weighted by molar-refractivity contribution is 5.87. The highest BCUT2D eigenvalue weighted by Crippen LogP contribution is 2.43. The molecule has 2 aliphatic rings. The molecule has 268 valence electrons. The summed E-state index contributed by atoms with van der Waals surface area (Å²) < 4.78 is 57.3. The molecule has 2 aromatic carbocycles. The number of carboxylic acid groups (broad SMARTS) is 1. The Bertz CT molecular complexity index is 1940. The van der Waals surface area contributed by atoms with Gasteiger partial charge in [-0.1, -0.05) is 24.3 Å². The number of alkyl halides is 3. The lowest BCUT2D eigenvalue weighted by Crippen LogP contribution is -2.41. The molecular weight excluding hydrogens is 667 g/mol. The Morgan fingerprint density at radius 2 is 1.88 bits per heavy atom. The number of nitrogens with one attached hydrogen (secondary N) is 1. The number of rotatable bonds is 10. The molecule has 12 nitrogen and oxygen atoms in total. The number of halogens is 3. The van der Waals surface area contributed by atoms with Crippen LogP contribution in [0.4, 0.5) is 24.9 Å². The number of nitrogens with two attached hydrogens (primary N) is 1. The van der Waals surface area contributed by atoms with Crippen molar-refractivity contribution >= 4 is 29.8 Å². The van der Waals surface area contributed by atoms with Gasteiger partial charge in [0.2, 0.25) is 17.9 Å². The molecule has 51 heavy (non-hydrogen) atoms. The normalized spacial score (nSPS) is 17.9. The van der Waals surface area contributed by atoms with E-state index in [0.29, 0.717) is 67.1 Å². The molecule has 1 spiro atoms. The van der Waals surface area contributed by atoms with Crippen LogP contribution in [0.15, 0.2) is 66.9 Å². The molecule has 4 N–H and O–H groups in total. The SMILES string of the molecule is CCOC(=O)/C=C/c1cccc(-c2ccc(-n3ccc(C)n3)c(C(Oc3cc(N4CCC5(CC4)CNC(C(=O)O)C5)nc(N)n3)C(F)(F)F)c2)c1. The molecule has 0 saturated carbocycles. The zero-order valence-electron chi connectivity index (χ0n) is 28.1. The number of carboxylic acids is 1. The van der Waals surface area contributed by atoms with E-state index in [0.717, 1.165) is 0 Å². The molecule has 0 aliphatic carbocycles. The lowest BCUT2D eigenvalue weighted by molar-refractivity contribution is -0.198. The highest BCUT2D eigenvalue weighted by Gasteiger charge is 2.46. The third kappa shape index (κ3) is 8.14. The van der Waals surface area contributed by atoms with Gasteiger partial charge in [0.15, 0.2) is 0 Å². The fraction of sp³-hybridized carbons (Fsp3) is 0.361. The summed E-state index contributed by atoms with van der Waals surface area (Å²) in [6.07, 6.45) is -1.08. The van der Waals surface area contributed by atoms with Gasteiger partial charge in [0.05, 0.1) is 18.0 Å². The lowest BCUT2D eigenvalue weighted by Gasteiger charge is -2.39. The first-order chi connectivity index (χ1) is 24.3. The number of aromatic nitrogens is 4. The molecule has 2 fully saturated rings. The van der Waals surface area contributed by atoms with Crippen molar-refractivity contribution in [2.45, 2.75) is 51.4 Å². The van der Waals surface area contributed by atoms with Crippen molar-refractivity contribution in [3.63, 3.8) is 0 Å². The van der Waals surface area contributed by atoms with Crippen LogP contribution in [0.3, 0.4) is 0 Å². The number of nitrogen functional groups attached to an aromatic ring is 1. The largest absolute Gasteiger partial charge is 0.480 e. The Morgan fingerprint density at radius 3 is 2.55 bits per heavy atom. The van der Waals surface area contributed by atoms with E-state index >= 15 is 13.2 Å². The minimum Gasteiger partial charge on any atom is -0.480 e. The number of piperidine rings is 1. The molecule has 15 heteroatoms.